The predicted molar refractivity (Wildman–Crippen MR) is 94.9 cm³/mol. The minimum Gasteiger partial charge on any atom is -0.497 e. The summed E-state index contributed by atoms with van der Waals surface area (Å²) in [6.07, 6.45) is -1.56. The maximum Gasteiger partial charge on any atom is 0.433 e. The predicted octanol–water partition coefficient (Wildman–Crippen LogP) is 3.10. The molecule has 0 radical (unpaired) electrons. The van der Waals surface area contributed by atoms with Gasteiger partial charge in [0, 0.05) is 6.20 Å². The molecule has 1 aromatic carbocycles. The molecule has 1 amide bonds. The highest BCUT2D eigenvalue weighted by molar-refractivity contribution is 5.90. The van der Waals surface area contributed by atoms with E-state index in [0.717, 1.165) is 11.6 Å². The Hall–Kier alpha value is -3.30. The fraction of sp³-hybridized carbons (Fsp3) is 0.278. The van der Waals surface area contributed by atoms with Gasteiger partial charge in [-0.2, -0.15) is 23.4 Å². The molecule has 7 nitrogen and oxygen atoms in total. The molecule has 0 saturated carbocycles. The molecule has 1 N–H and O–H groups in total. The summed E-state index contributed by atoms with van der Waals surface area (Å²) < 4.78 is 46.4. The van der Waals surface area contributed by atoms with Gasteiger partial charge in [0.2, 0.25) is 5.91 Å². The largest absolute Gasteiger partial charge is 0.497 e. The number of amides is 1. The number of carbonyl (C=O) groups is 1. The summed E-state index contributed by atoms with van der Waals surface area (Å²) in [6, 6.07) is 8.34. The van der Waals surface area contributed by atoms with Gasteiger partial charge in [-0.05, 0) is 30.7 Å². The maximum atomic E-state index is 13.0. The number of hydrogen-bond acceptors (Lipinski definition) is 4. The highest BCUT2D eigenvalue weighted by Crippen LogP contribution is 2.29. The van der Waals surface area contributed by atoms with Crippen LogP contribution in [0.3, 0.4) is 0 Å². The Morgan fingerprint density at radius 1 is 1.29 bits per heavy atom. The van der Waals surface area contributed by atoms with Crippen LogP contribution in [-0.4, -0.2) is 32.6 Å². The molecule has 0 aliphatic carbocycles. The first-order valence-electron chi connectivity index (χ1n) is 8.31. The zero-order valence-electron chi connectivity index (χ0n) is 15.2. The lowest BCUT2D eigenvalue weighted by Gasteiger charge is -2.09. The van der Waals surface area contributed by atoms with Crippen molar-refractivity contribution < 1.29 is 22.7 Å². The number of nitrogens with zero attached hydrogens (tertiary/aromatic N) is 4. The van der Waals surface area contributed by atoms with Gasteiger partial charge in [-0.1, -0.05) is 12.1 Å². The SMILES string of the molecule is COc1cccc(Cn2cc(NC(=O)Cn3nc(C)cc3C(F)(F)F)cn2)c1. The molecule has 10 heteroatoms. The van der Waals surface area contributed by atoms with Gasteiger partial charge < -0.3 is 10.1 Å². The van der Waals surface area contributed by atoms with Crippen LogP contribution in [0, 0.1) is 6.92 Å². The molecule has 3 rings (SSSR count). The second-order valence-corrected chi connectivity index (χ2v) is 6.15. The highest BCUT2D eigenvalue weighted by atomic mass is 19.4. The van der Waals surface area contributed by atoms with E-state index in [1.54, 1.807) is 18.0 Å². The number of aryl methyl sites for hydroxylation is 1. The third-order valence-corrected chi connectivity index (χ3v) is 3.88. The number of hydrogen-bond donors (Lipinski definition) is 1. The molecular formula is C18H18F3N5O2. The van der Waals surface area contributed by atoms with Gasteiger partial charge >= 0.3 is 6.18 Å². The van der Waals surface area contributed by atoms with Crippen molar-refractivity contribution in [3.05, 3.63) is 59.7 Å². The van der Waals surface area contributed by atoms with Gasteiger partial charge in [0.1, 0.15) is 18.0 Å². The Balaban J connectivity index is 1.64. The van der Waals surface area contributed by atoms with Crippen LogP contribution in [0.1, 0.15) is 17.0 Å². The minimum absolute atomic E-state index is 0.186. The molecule has 0 spiro atoms. The first kappa shape index (κ1) is 19.5. The average molecular weight is 393 g/mol. The van der Waals surface area contributed by atoms with E-state index in [0.29, 0.717) is 22.7 Å². The summed E-state index contributed by atoms with van der Waals surface area (Å²) in [6.45, 7) is 1.33. The first-order valence-corrected chi connectivity index (χ1v) is 8.31. The minimum atomic E-state index is -4.58. The Kier molecular flexibility index (Phi) is 5.39. The van der Waals surface area contributed by atoms with E-state index < -0.39 is 24.3 Å². The van der Waals surface area contributed by atoms with Crippen LogP contribution in [-0.2, 0) is 24.1 Å². The summed E-state index contributed by atoms with van der Waals surface area (Å²) >= 11 is 0. The fourth-order valence-corrected chi connectivity index (χ4v) is 2.70. The van der Waals surface area contributed by atoms with Crippen molar-refractivity contribution in [2.24, 2.45) is 0 Å². The standard InChI is InChI=1S/C18H18F3N5O2/c1-12-6-16(18(19,20)21)26(24-12)11-17(27)23-14-8-22-25(10-14)9-13-4-3-5-15(7-13)28-2/h3-8,10H,9,11H2,1-2H3,(H,23,27). The number of nitrogens with one attached hydrogen (secondary N) is 1. The van der Waals surface area contributed by atoms with E-state index in [1.165, 1.54) is 13.1 Å². The van der Waals surface area contributed by atoms with Gasteiger partial charge in [-0.25, -0.2) is 0 Å². The number of rotatable bonds is 6. The van der Waals surface area contributed by atoms with Crippen LogP contribution >= 0.6 is 0 Å². The topological polar surface area (TPSA) is 74.0 Å². The third-order valence-electron chi connectivity index (χ3n) is 3.88. The number of carbonyl (C=O) groups excluding carboxylic acids is 1. The molecule has 28 heavy (non-hydrogen) atoms. The zero-order valence-corrected chi connectivity index (χ0v) is 15.2. The van der Waals surface area contributed by atoms with Gasteiger partial charge in [0.25, 0.3) is 0 Å². The molecule has 0 bridgehead atoms. The lowest BCUT2D eigenvalue weighted by Crippen LogP contribution is -2.23. The van der Waals surface area contributed by atoms with E-state index in [1.807, 2.05) is 24.3 Å². The summed E-state index contributed by atoms with van der Waals surface area (Å²) in [5, 5.41) is 10.4. The van der Waals surface area contributed by atoms with Crippen molar-refractivity contribution >= 4 is 11.6 Å². The second-order valence-electron chi connectivity index (χ2n) is 6.15. The molecule has 148 valence electrons. The van der Waals surface area contributed by atoms with Crippen LogP contribution < -0.4 is 10.1 Å². The number of halogens is 3. The van der Waals surface area contributed by atoms with E-state index >= 15 is 0 Å². The number of ether oxygens (including phenoxy) is 1. The Bertz CT molecular complexity index is 978. The molecule has 0 fully saturated rings. The smallest absolute Gasteiger partial charge is 0.433 e. The number of benzene rings is 1. The Labute approximate surface area is 158 Å². The molecule has 0 aliphatic rings. The molecule has 3 aromatic rings. The summed E-state index contributed by atoms with van der Waals surface area (Å²) in [5.74, 6) is 0.0858. The highest BCUT2D eigenvalue weighted by Gasteiger charge is 2.35. The van der Waals surface area contributed by atoms with Crippen molar-refractivity contribution in [1.29, 1.82) is 0 Å². The molecule has 0 unspecified atom stereocenters. The molecule has 0 atom stereocenters. The van der Waals surface area contributed by atoms with Crippen molar-refractivity contribution in [3.63, 3.8) is 0 Å². The van der Waals surface area contributed by atoms with Crippen LogP contribution in [0.5, 0.6) is 5.75 Å². The molecule has 0 saturated heterocycles. The first-order chi connectivity index (χ1) is 13.2. The molecule has 0 aliphatic heterocycles. The molecule has 2 aromatic heterocycles. The lowest BCUT2D eigenvalue weighted by molar-refractivity contribution is -0.144. The van der Waals surface area contributed by atoms with Crippen LogP contribution in [0.15, 0.2) is 42.7 Å². The summed E-state index contributed by atoms with van der Waals surface area (Å²) in [5.41, 5.74) is 0.549. The lowest BCUT2D eigenvalue weighted by atomic mass is 10.2. The summed E-state index contributed by atoms with van der Waals surface area (Å²) in [4.78, 5) is 12.1. The van der Waals surface area contributed by atoms with Crippen molar-refractivity contribution in [3.8, 4) is 5.75 Å². The van der Waals surface area contributed by atoms with Gasteiger partial charge in [0.15, 0.2) is 0 Å². The average Bonchev–Trinajstić information content (AvgIpc) is 3.21. The Morgan fingerprint density at radius 3 is 2.79 bits per heavy atom. The summed E-state index contributed by atoms with van der Waals surface area (Å²) in [7, 11) is 1.58. The van der Waals surface area contributed by atoms with Gasteiger partial charge in [-0.3, -0.25) is 14.2 Å². The third kappa shape index (κ3) is 4.70. The normalized spacial score (nSPS) is 11.5. The van der Waals surface area contributed by atoms with Crippen LogP contribution in [0.2, 0.25) is 0 Å². The molecular weight excluding hydrogens is 375 g/mol. The van der Waals surface area contributed by atoms with Crippen molar-refractivity contribution in [2.75, 3.05) is 12.4 Å². The number of aromatic nitrogens is 4. The Morgan fingerprint density at radius 2 is 2.07 bits per heavy atom. The zero-order chi connectivity index (χ0) is 20.3. The maximum absolute atomic E-state index is 13.0. The van der Waals surface area contributed by atoms with E-state index in [2.05, 4.69) is 15.5 Å². The van der Waals surface area contributed by atoms with Crippen molar-refractivity contribution in [1.82, 2.24) is 19.6 Å². The monoisotopic (exact) mass is 393 g/mol. The number of methoxy groups -OCH3 is 1. The van der Waals surface area contributed by atoms with E-state index in [9.17, 15) is 18.0 Å². The van der Waals surface area contributed by atoms with Crippen LogP contribution in [0.25, 0.3) is 0 Å². The van der Waals surface area contributed by atoms with E-state index in [-0.39, 0.29) is 5.69 Å². The van der Waals surface area contributed by atoms with Gasteiger partial charge in [0.05, 0.1) is 31.2 Å². The van der Waals surface area contributed by atoms with Crippen molar-refractivity contribution in [2.45, 2.75) is 26.2 Å². The van der Waals surface area contributed by atoms with Gasteiger partial charge in [-0.15, -0.1) is 0 Å². The van der Waals surface area contributed by atoms with E-state index in [4.69, 9.17) is 4.74 Å². The second kappa shape index (κ2) is 7.75. The fourth-order valence-electron chi connectivity index (χ4n) is 2.70. The quantitative estimate of drug-likeness (QED) is 0.699. The number of anilines is 1. The molecule has 2 heterocycles. The number of alkyl halides is 3. The van der Waals surface area contributed by atoms with Crippen LogP contribution in [0.4, 0.5) is 18.9 Å².